The third-order valence-corrected chi connectivity index (χ3v) is 2.04. The second-order valence-corrected chi connectivity index (χ2v) is 3.25. The van der Waals surface area contributed by atoms with E-state index in [2.05, 4.69) is 29.1 Å². The van der Waals surface area contributed by atoms with Crippen molar-refractivity contribution >= 4 is 5.69 Å². The average molecular weight is 161 g/mol. The Bertz CT molecular complexity index is 329. The SMILES string of the molecule is CC(C)c1ccnc2c1N=NC2. The van der Waals surface area contributed by atoms with Gasteiger partial charge in [-0.15, -0.1) is 0 Å². The maximum absolute atomic E-state index is 4.21. The van der Waals surface area contributed by atoms with Gasteiger partial charge in [0.2, 0.25) is 0 Å². The van der Waals surface area contributed by atoms with Gasteiger partial charge in [0.15, 0.2) is 0 Å². The van der Waals surface area contributed by atoms with E-state index in [0.29, 0.717) is 12.5 Å². The molecule has 1 aromatic heterocycles. The number of hydrogen-bond donors (Lipinski definition) is 0. The number of fused-ring (bicyclic) bond motifs is 1. The third kappa shape index (κ3) is 1.02. The van der Waals surface area contributed by atoms with Crippen LogP contribution in [-0.2, 0) is 6.54 Å². The molecule has 0 saturated carbocycles. The summed E-state index contributed by atoms with van der Waals surface area (Å²) in [6, 6.07) is 2.02. The summed E-state index contributed by atoms with van der Waals surface area (Å²) in [4.78, 5) is 4.21. The summed E-state index contributed by atoms with van der Waals surface area (Å²) >= 11 is 0. The molecule has 1 aromatic rings. The molecule has 0 bridgehead atoms. The van der Waals surface area contributed by atoms with Crippen LogP contribution in [0.4, 0.5) is 5.69 Å². The molecule has 0 aliphatic carbocycles. The minimum absolute atomic E-state index is 0.499. The summed E-state index contributed by atoms with van der Waals surface area (Å²) in [6.45, 7) is 4.96. The van der Waals surface area contributed by atoms with E-state index in [1.807, 2.05) is 12.3 Å². The van der Waals surface area contributed by atoms with Crippen LogP contribution in [0.3, 0.4) is 0 Å². The van der Waals surface area contributed by atoms with Crippen LogP contribution in [0.2, 0.25) is 0 Å². The van der Waals surface area contributed by atoms with E-state index in [9.17, 15) is 0 Å². The van der Waals surface area contributed by atoms with Gasteiger partial charge >= 0.3 is 0 Å². The van der Waals surface area contributed by atoms with Crippen LogP contribution in [0, 0.1) is 0 Å². The third-order valence-electron chi connectivity index (χ3n) is 2.04. The molecule has 0 fully saturated rings. The Labute approximate surface area is 71.6 Å². The van der Waals surface area contributed by atoms with Crippen molar-refractivity contribution in [2.24, 2.45) is 10.2 Å². The molecule has 3 nitrogen and oxygen atoms in total. The van der Waals surface area contributed by atoms with Crippen molar-refractivity contribution in [1.82, 2.24) is 4.98 Å². The topological polar surface area (TPSA) is 37.6 Å². The van der Waals surface area contributed by atoms with Gasteiger partial charge in [-0.25, -0.2) is 0 Å². The lowest BCUT2D eigenvalue weighted by molar-refractivity contribution is 0.861. The van der Waals surface area contributed by atoms with Crippen molar-refractivity contribution < 1.29 is 0 Å². The molecule has 0 radical (unpaired) electrons. The van der Waals surface area contributed by atoms with Crippen LogP contribution >= 0.6 is 0 Å². The van der Waals surface area contributed by atoms with Crippen LogP contribution in [-0.4, -0.2) is 4.98 Å². The van der Waals surface area contributed by atoms with Crippen LogP contribution in [0.1, 0.15) is 31.0 Å². The molecule has 2 heterocycles. The summed E-state index contributed by atoms with van der Waals surface area (Å²) in [7, 11) is 0. The Balaban J connectivity index is 2.56. The Kier molecular flexibility index (Phi) is 1.64. The van der Waals surface area contributed by atoms with E-state index < -0.39 is 0 Å². The summed E-state index contributed by atoms with van der Waals surface area (Å²) in [5.41, 5.74) is 3.26. The highest BCUT2D eigenvalue weighted by Gasteiger charge is 2.15. The van der Waals surface area contributed by atoms with E-state index in [1.165, 1.54) is 5.56 Å². The van der Waals surface area contributed by atoms with Crippen molar-refractivity contribution in [3.8, 4) is 0 Å². The monoisotopic (exact) mass is 161 g/mol. The molecular formula is C9H11N3. The van der Waals surface area contributed by atoms with E-state index in [0.717, 1.165) is 11.4 Å². The second-order valence-electron chi connectivity index (χ2n) is 3.25. The second kappa shape index (κ2) is 2.66. The molecule has 0 aromatic carbocycles. The molecule has 12 heavy (non-hydrogen) atoms. The first-order valence-corrected chi connectivity index (χ1v) is 4.14. The van der Waals surface area contributed by atoms with E-state index in [-0.39, 0.29) is 0 Å². The van der Waals surface area contributed by atoms with Gasteiger partial charge in [-0.3, -0.25) is 4.98 Å². The van der Waals surface area contributed by atoms with E-state index in [4.69, 9.17) is 0 Å². The van der Waals surface area contributed by atoms with E-state index >= 15 is 0 Å². The number of aromatic nitrogens is 1. The van der Waals surface area contributed by atoms with Crippen molar-refractivity contribution in [2.75, 3.05) is 0 Å². The molecule has 62 valence electrons. The maximum Gasteiger partial charge on any atom is 0.112 e. The molecule has 0 spiro atoms. The lowest BCUT2D eigenvalue weighted by atomic mass is 10.0. The Morgan fingerprint density at radius 1 is 1.42 bits per heavy atom. The zero-order chi connectivity index (χ0) is 8.55. The highest BCUT2D eigenvalue weighted by atomic mass is 15.2. The van der Waals surface area contributed by atoms with Gasteiger partial charge in [-0.2, -0.15) is 10.2 Å². The largest absolute Gasteiger partial charge is 0.257 e. The molecule has 0 N–H and O–H groups in total. The fraction of sp³-hybridized carbons (Fsp3) is 0.444. The van der Waals surface area contributed by atoms with Gasteiger partial charge in [0.25, 0.3) is 0 Å². The Morgan fingerprint density at radius 3 is 3.00 bits per heavy atom. The van der Waals surface area contributed by atoms with Gasteiger partial charge in [0, 0.05) is 6.20 Å². The fourth-order valence-electron chi connectivity index (χ4n) is 1.38. The summed E-state index contributed by atoms with van der Waals surface area (Å²) in [5, 5.41) is 8.04. The lowest BCUT2D eigenvalue weighted by Crippen LogP contribution is -1.91. The molecule has 3 heteroatoms. The first-order chi connectivity index (χ1) is 5.79. The number of pyridine rings is 1. The Morgan fingerprint density at radius 2 is 2.25 bits per heavy atom. The summed E-state index contributed by atoms with van der Waals surface area (Å²) < 4.78 is 0. The van der Waals surface area contributed by atoms with Crippen LogP contribution in [0.15, 0.2) is 22.5 Å². The normalized spacial score (nSPS) is 13.9. The highest BCUT2D eigenvalue weighted by Crippen LogP contribution is 2.33. The summed E-state index contributed by atoms with van der Waals surface area (Å²) in [6.07, 6.45) is 1.84. The van der Waals surface area contributed by atoms with Gasteiger partial charge < -0.3 is 0 Å². The van der Waals surface area contributed by atoms with Crippen molar-refractivity contribution in [1.29, 1.82) is 0 Å². The molecule has 0 amide bonds. The van der Waals surface area contributed by atoms with Crippen LogP contribution in [0.25, 0.3) is 0 Å². The maximum atomic E-state index is 4.21. The van der Waals surface area contributed by atoms with Crippen molar-refractivity contribution in [3.63, 3.8) is 0 Å². The van der Waals surface area contributed by atoms with Crippen molar-refractivity contribution in [2.45, 2.75) is 26.3 Å². The zero-order valence-corrected chi connectivity index (χ0v) is 7.28. The molecule has 1 aliphatic rings. The molecule has 0 saturated heterocycles. The van der Waals surface area contributed by atoms with Gasteiger partial charge in [-0.1, -0.05) is 13.8 Å². The first kappa shape index (κ1) is 7.40. The average Bonchev–Trinajstić information content (AvgIpc) is 2.49. The number of rotatable bonds is 1. The fourth-order valence-corrected chi connectivity index (χ4v) is 1.38. The Hall–Kier alpha value is -1.25. The number of hydrogen-bond acceptors (Lipinski definition) is 3. The number of nitrogens with zero attached hydrogens (tertiary/aromatic N) is 3. The molecule has 1 aliphatic heterocycles. The molecule has 0 atom stereocenters. The van der Waals surface area contributed by atoms with Gasteiger partial charge in [-0.05, 0) is 17.5 Å². The standard InChI is InChI=1S/C9H11N3/c1-6(2)7-3-4-10-8-5-11-12-9(7)8/h3-4,6H,5H2,1-2H3. The van der Waals surface area contributed by atoms with Gasteiger partial charge in [0.05, 0.1) is 5.69 Å². The molecule has 0 unspecified atom stereocenters. The van der Waals surface area contributed by atoms with Gasteiger partial charge in [0.1, 0.15) is 12.2 Å². The predicted molar refractivity (Wildman–Crippen MR) is 46.5 cm³/mol. The summed E-state index contributed by atoms with van der Waals surface area (Å²) in [5.74, 6) is 0.499. The first-order valence-electron chi connectivity index (χ1n) is 4.14. The van der Waals surface area contributed by atoms with Crippen molar-refractivity contribution in [3.05, 3.63) is 23.5 Å². The minimum Gasteiger partial charge on any atom is -0.257 e. The van der Waals surface area contributed by atoms with Crippen LogP contribution in [0.5, 0.6) is 0 Å². The highest BCUT2D eigenvalue weighted by molar-refractivity contribution is 5.52. The zero-order valence-electron chi connectivity index (χ0n) is 7.28. The quantitative estimate of drug-likeness (QED) is 0.624. The lowest BCUT2D eigenvalue weighted by Gasteiger charge is -2.06. The molecular weight excluding hydrogens is 150 g/mol. The molecule has 2 rings (SSSR count). The number of azo groups is 1. The van der Waals surface area contributed by atoms with E-state index in [1.54, 1.807) is 0 Å². The van der Waals surface area contributed by atoms with Crippen LogP contribution < -0.4 is 0 Å². The minimum atomic E-state index is 0.499. The predicted octanol–water partition coefficient (Wildman–Crippen LogP) is 2.80. The smallest absolute Gasteiger partial charge is 0.112 e.